The molecule has 6 aliphatic heterocycles. The van der Waals surface area contributed by atoms with Crippen LogP contribution in [0.1, 0.15) is 225 Å². The molecule has 13 heterocycles. The smallest absolute Gasteiger partial charge is 0.306 e. The summed E-state index contributed by atoms with van der Waals surface area (Å²) in [6.07, 6.45) is 19.5. The molecular formula is C113H115F4N13O12S. The number of aliphatic imine (C=N–C) groups is 3. The first-order valence-electron chi connectivity index (χ1n) is 49.3. The zero-order chi connectivity index (χ0) is 100. The van der Waals surface area contributed by atoms with E-state index in [0.29, 0.717) is 90.3 Å². The fourth-order valence-electron chi connectivity index (χ4n) is 23.4. The van der Waals surface area contributed by atoms with Crippen molar-refractivity contribution in [2.45, 2.75) is 198 Å². The Bertz CT molecular complexity index is 7980. The maximum absolute atomic E-state index is 13.9. The highest BCUT2D eigenvalue weighted by molar-refractivity contribution is 7.91. The highest BCUT2D eigenvalue weighted by Crippen LogP contribution is 2.66. The average Bonchev–Trinajstić information content (AvgIpc) is 1.60. The van der Waals surface area contributed by atoms with Crippen molar-refractivity contribution in [2.24, 2.45) is 33.4 Å². The van der Waals surface area contributed by atoms with Crippen LogP contribution in [0.3, 0.4) is 0 Å². The van der Waals surface area contributed by atoms with Gasteiger partial charge in [-0.15, -0.1) is 0 Å². The third-order valence-corrected chi connectivity index (χ3v) is 31.3. The van der Waals surface area contributed by atoms with Crippen LogP contribution < -0.4 is 5.32 Å². The van der Waals surface area contributed by atoms with Crippen LogP contribution in [-0.2, 0) is 96.4 Å². The number of aromatic amines is 1. The summed E-state index contributed by atoms with van der Waals surface area (Å²) in [6.45, 7) is 21.8. The molecule has 30 heteroatoms. The molecule has 1 spiro atoms. The van der Waals surface area contributed by atoms with E-state index in [-0.39, 0.29) is 60.3 Å². The van der Waals surface area contributed by atoms with Crippen LogP contribution in [-0.4, -0.2) is 160 Å². The van der Waals surface area contributed by atoms with Crippen molar-refractivity contribution in [1.82, 2.24) is 48.1 Å². The van der Waals surface area contributed by atoms with E-state index in [1.165, 1.54) is 76.3 Å². The van der Waals surface area contributed by atoms with Gasteiger partial charge in [0.2, 0.25) is 0 Å². The molecule has 25 nitrogen and oxygen atoms in total. The van der Waals surface area contributed by atoms with Crippen LogP contribution in [0.5, 0.6) is 0 Å². The number of H-pyrrole nitrogens is 1. The lowest BCUT2D eigenvalue weighted by Crippen LogP contribution is -2.49. The van der Waals surface area contributed by atoms with Crippen molar-refractivity contribution in [2.75, 3.05) is 45.8 Å². The molecule has 0 atom stereocenters. The molecular weight excluding hydrogens is 1840 g/mol. The topological polar surface area (TPSA) is 322 Å². The molecule has 8 aliphatic rings. The number of nitrogens with zero attached hydrogens (tertiary/aromatic N) is 11. The van der Waals surface area contributed by atoms with E-state index in [2.05, 4.69) is 131 Å². The van der Waals surface area contributed by atoms with Gasteiger partial charge in [0.05, 0.1) is 107 Å². The number of ether oxygens (including phenoxy) is 2. The molecule has 0 radical (unpaired) electrons. The molecule has 143 heavy (non-hydrogen) atoms. The minimum absolute atomic E-state index is 0.0384. The van der Waals surface area contributed by atoms with Gasteiger partial charge in [-0.1, -0.05) is 34.6 Å². The quantitative estimate of drug-likeness (QED) is 0.0324. The van der Waals surface area contributed by atoms with Gasteiger partial charge in [-0.25, -0.2) is 26.0 Å². The predicted octanol–water partition coefficient (Wildman–Crippen LogP) is 21.9. The fourth-order valence-corrected chi connectivity index (χ4v) is 24.6. The molecule has 738 valence electrons. The van der Waals surface area contributed by atoms with Crippen molar-refractivity contribution < 1.29 is 75.1 Å². The Morgan fingerprint density at radius 2 is 1.06 bits per heavy atom. The maximum atomic E-state index is 13.9. The highest BCUT2D eigenvalue weighted by Gasteiger charge is 2.56. The third-order valence-electron chi connectivity index (χ3n) is 30.1. The normalized spacial score (nSPS) is 17.6. The number of nitrogens with one attached hydrogen (secondary N) is 2. The Balaban J connectivity index is 0.000000109. The lowest BCUT2D eigenvalue weighted by atomic mass is 9.47. The van der Waals surface area contributed by atoms with Crippen molar-refractivity contribution >= 4 is 129 Å². The third kappa shape index (κ3) is 18.2. The number of fused-ring (bicyclic) bond motifs is 10. The number of sulfone groups is 1. The molecule has 24 rings (SSSR count). The number of rotatable bonds is 23. The second kappa shape index (κ2) is 38.7. The lowest BCUT2D eigenvalue weighted by Gasteiger charge is -2.57. The number of carboxylic acids is 4. The monoisotopic (exact) mass is 1950 g/mol. The van der Waals surface area contributed by atoms with Crippen LogP contribution in [0.2, 0.25) is 0 Å². The number of hydrogen-bond acceptors (Lipinski definition) is 14. The largest absolute Gasteiger partial charge is 0.481 e. The highest BCUT2D eigenvalue weighted by atomic mass is 32.2. The van der Waals surface area contributed by atoms with Gasteiger partial charge in [0.1, 0.15) is 23.3 Å². The average molecular weight is 1960 g/mol. The minimum Gasteiger partial charge on any atom is -0.481 e. The van der Waals surface area contributed by atoms with E-state index in [4.69, 9.17) is 9.47 Å². The van der Waals surface area contributed by atoms with E-state index < -0.39 is 39.1 Å². The molecule has 2 aliphatic carbocycles. The second-order valence-electron chi connectivity index (χ2n) is 40.7. The first kappa shape index (κ1) is 96.5. The van der Waals surface area contributed by atoms with E-state index >= 15 is 0 Å². The van der Waals surface area contributed by atoms with Crippen LogP contribution in [0.4, 0.5) is 17.6 Å². The van der Waals surface area contributed by atoms with Gasteiger partial charge in [-0.05, 0) is 314 Å². The summed E-state index contributed by atoms with van der Waals surface area (Å²) in [5.74, 6) is -2.51. The Labute approximate surface area is 823 Å². The Morgan fingerprint density at radius 1 is 0.531 bits per heavy atom. The molecule has 16 aromatic rings. The van der Waals surface area contributed by atoms with Crippen LogP contribution >= 0.6 is 0 Å². The van der Waals surface area contributed by atoms with Gasteiger partial charge >= 0.3 is 23.9 Å². The first-order valence-corrected chi connectivity index (χ1v) is 51.2. The Kier molecular flexibility index (Phi) is 26.1. The predicted molar refractivity (Wildman–Crippen MR) is 548 cm³/mol. The molecule has 6 N–H and O–H groups in total. The van der Waals surface area contributed by atoms with Gasteiger partial charge in [0.25, 0.3) is 0 Å². The summed E-state index contributed by atoms with van der Waals surface area (Å²) in [5, 5.41) is 59.2. The summed E-state index contributed by atoms with van der Waals surface area (Å²) in [7, 11) is -1.63. The molecule has 5 fully saturated rings. The molecule has 2 saturated carbocycles. The van der Waals surface area contributed by atoms with Gasteiger partial charge in [-0.2, -0.15) is 10.2 Å². The summed E-state index contributed by atoms with van der Waals surface area (Å²) in [4.78, 5) is 58.7. The fraction of sp³-hybridized carbons (Fsp3) is 0.354. The molecule has 0 bridgehead atoms. The van der Waals surface area contributed by atoms with E-state index in [0.717, 1.165) is 218 Å². The summed E-state index contributed by atoms with van der Waals surface area (Å²) < 4.78 is 104. The van der Waals surface area contributed by atoms with E-state index in [9.17, 15) is 65.6 Å². The van der Waals surface area contributed by atoms with E-state index in [1.807, 2.05) is 72.3 Å². The molecule has 7 aromatic heterocycles. The number of hydrogen-bond donors (Lipinski definition) is 6. The SMILES string of the molecule is CC(C)c1c(CCC(=O)O)n(-c2ccc(F)cc2)c2cc3cn[nH]c3cc12.CC1(c2c(S(C)(=O)=O)c3cc4c(cc3n2-c2ccc(F)cc2)C=NC4)COC1.CCCn1c(C2CCOCC2)c(C2CC3(CC(C(=O)O)C3)C2)c2cc3c(cc21)C=NC3.Cc1cc(-n2c(C(C)C)c(CCC(=O)O)c3cc4c(cnn4C)cc32)ccc1F.O=C(O)CCc1c(C2CNC2)n(-c2ccc(F)cc2)c2cc3c(cc12)CN=C3. The van der Waals surface area contributed by atoms with Gasteiger partial charge in [0, 0.05) is 178 Å². The Hall–Kier alpha value is -13.9. The summed E-state index contributed by atoms with van der Waals surface area (Å²) in [5.41, 5.74) is 27.9. The maximum Gasteiger partial charge on any atom is 0.306 e. The van der Waals surface area contributed by atoms with Crippen molar-refractivity contribution in [3.63, 3.8) is 0 Å². The van der Waals surface area contributed by atoms with Crippen molar-refractivity contribution in [3.8, 4) is 22.7 Å². The van der Waals surface area contributed by atoms with Crippen LogP contribution in [0.25, 0.3) is 99.1 Å². The van der Waals surface area contributed by atoms with Gasteiger partial charge in [-0.3, -0.25) is 43.9 Å². The minimum atomic E-state index is -3.52. The number of aliphatic carboxylic acids is 4. The van der Waals surface area contributed by atoms with Gasteiger partial charge < -0.3 is 58.1 Å². The lowest BCUT2D eigenvalue weighted by molar-refractivity contribution is -0.155. The number of aryl methyl sites for hydroxylation is 5. The second-order valence-corrected chi connectivity index (χ2v) is 42.6. The zero-order valence-electron chi connectivity index (χ0n) is 81.4. The van der Waals surface area contributed by atoms with Crippen molar-refractivity contribution in [3.05, 3.63) is 277 Å². The number of benzene rings is 9. The van der Waals surface area contributed by atoms with Gasteiger partial charge in [0.15, 0.2) is 9.84 Å². The summed E-state index contributed by atoms with van der Waals surface area (Å²) >= 11 is 0. The number of halogens is 4. The van der Waals surface area contributed by atoms with E-state index in [1.54, 1.807) is 66.8 Å². The van der Waals surface area contributed by atoms with Crippen LogP contribution in [0, 0.1) is 41.5 Å². The number of carbonyl (C=O) groups is 4. The standard InChI is InChI=1S/C26H32N2O3.C23H24FN3O2.C22H20FN3O2.C21H20FN3O2.C21H19FN2O3S/c1-2-5-28-22-9-18-15-27-14-17(18)8-21(22)23(24(28)16-3-6-31-7-4-16)19-10-26(11-19)12-20(13-26)25(29)30;1-13(2)23-17(6-8-22(28)29)18-11-20-15(12-25-26(20)4)10-21(18)27(23)16-5-7-19(24)14(3)9-16;23-16-1-3-17(4-2-16)26-20-8-14-10-24-9-13(14)7-19(20)18(5-6-21(27)28)22(26)15-11-25-12-15;1-12(2)21-16-10-17-13(11-23-24-17)9-19(16)25(18(21)7-8-20(26)27)15-5-3-14(22)4-6-15;1-21(11-27-12-21)20-19(28(2,25)26)17-7-13-9-23-10-14(13)8-18(17)24(20)16-5-3-15(22)4-6-16/h8-9,15-16,19-20H,2-7,10-14H2,1H3,(H,29,30);5,7,9-13H,6,8H2,1-4H3,(H,28,29);1-4,7-8,10,15,25H,5-6,9,11-12H2,(H,27,28);3-6,9-12H,7-8H2,1-2H3,(H,23,24)(H,26,27);3-8,10H,9,11-12H2,1-2H3. The molecule has 9 aromatic carbocycles. The van der Waals surface area contributed by atoms with Crippen LogP contribution in [0.15, 0.2) is 184 Å². The Morgan fingerprint density at radius 3 is 1.59 bits per heavy atom. The first-order chi connectivity index (χ1) is 68.7. The number of carboxylic acid groups (broad SMARTS) is 4. The zero-order valence-corrected chi connectivity index (χ0v) is 82.3. The molecule has 0 unspecified atom stereocenters. The molecule has 0 amide bonds. The number of aromatic nitrogens is 9. The summed E-state index contributed by atoms with van der Waals surface area (Å²) in [6, 6.07) is 45.3. The van der Waals surface area contributed by atoms with Crippen molar-refractivity contribution in [1.29, 1.82) is 0 Å². The molecule has 3 saturated heterocycles.